The van der Waals surface area contributed by atoms with E-state index < -0.39 is 5.67 Å². The zero-order chi connectivity index (χ0) is 19.0. The van der Waals surface area contributed by atoms with Crippen LogP contribution in [-0.4, -0.2) is 18.0 Å². The summed E-state index contributed by atoms with van der Waals surface area (Å²) in [5.41, 5.74) is 2.50. The van der Waals surface area contributed by atoms with Gasteiger partial charge < -0.3 is 0 Å². The zero-order valence-corrected chi connectivity index (χ0v) is 16.1. The number of alkyl halides is 1. The Kier molecular flexibility index (Phi) is 7.36. The smallest absolute Gasteiger partial charge is 0.136 e. The van der Waals surface area contributed by atoms with E-state index in [0.29, 0.717) is 18.9 Å². The van der Waals surface area contributed by atoms with Crippen LogP contribution in [0.5, 0.6) is 0 Å². The number of hydrogen-bond donors (Lipinski definition) is 0. The van der Waals surface area contributed by atoms with E-state index in [0.717, 1.165) is 24.9 Å². The van der Waals surface area contributed by atoms with Crippen LogP contribution in [-0.2, 0) is 18.6 Å². The van der Waals surface area contributed by atoms with Crippen LogP contribution in [0, 0.1) is 11.3 Å². The number of nitriles is 1. The van der Waals surface area contributed by atoms with Gasteiger partial charge in [-0.05, 0) is 56.3 Å². The summed E-state index contributed by atoms with van der Waals surface area (Å²) in [6, 6.07) is 21.0. The molecule has 0 bridgehead atoms. The minimum atomic E-state index is -1.01. The van der Waals surface area contributed by atoms with E-state index in [9.17, 15) is 4.39 Å². The van der Waals surface area contributed by atoms with Crippen LogP contribution in [0.1, 0.15) is 49.8 Å². The van der Waals surface area contributed by atoms with Crippen molar-refractivity contribution >= 4 is 0 Å². The molecule has 3 rings (SSSR count). The number of hydrogen-bond acceptors (Lipinski definition) is 2. The van der Waals surface area contributed by atoms with Gasteiger partial charge >= 0.3 is 0 Å². The molecule has 0 saturated heterocycles. The molecule has 1 aliphatic rings. The maximum absolute atomic E-state index is 14.0. The standard InChI is InChI=1S/C21H26FN.C2H3N/c1-17(23(2)16-19-6-4-3-5-7-19)8-9-18-10-12-20(13-11-18)21(22)14-15-21;1-2-3/h3-7,10-13,17H,8-9,14-16H2,1-2H3;1H3. The number of benzene rings is 2. The van der Waals surface area contributed by atoms with Gasteiger partial charge in [0.05, 0.1) is 6.07 Å². The van der Waals surface area contributed by atoms with E-state index in [4.69, 9.17) is 5.26 Å². The third-order valence-electron chi connectivity index (χ3n) is 5.04. The topological polar surface area (TPSA) is 27.0 Å². The molecule has 0 amide bonds. The lowest BCUT2D eigenvalue weighted by molar-refractivity contribution is 0.238. The van der Waals surface area contributed by atoms with E-state index >= 15 is 0 Å². The lowest BCUT2D eigenvalue weighted by Gasteiger charge is -2.25. The molecule has 0 aromatic heterocycles. The molecule has 0 spiro atoms. The van der Waals surface area contributed by atoms with Gasteiger partial charge in [0.1, 0.15) is 5.67 Å². The maximum Gasteiger partial charge on any atom is 0.136 e. The summed E-state index contributed by atoms with van der Waals surface area (Å²) in [6.07, 6.45) is 3.53. The van der Waals surface area contributed by atoms with E-state index in [1.54, 1.807) is 6.07 Å². The maximum atomic E-state index is 14.0. The van der Waals surface area contributed by atoms with Crippen molar-refractivity contribution in [2.75, 3.05) is 7.05 Å². The molecule has 1 unspecified atom stereocenters. The summed E-state index contributed by atoms with van der Waals surface area (Å²) in [5.74, 6) is 0. The summed E-state index contributed by atoms with van der Waals surface area (Å²) < 4.78 is 14.0. The Bertz CT molecular complexity index is 699. The Hall–Kier alpha value is -2.18. The quantitative estimate of drug-likeness (QED) is 0.646. The zero-order valence-electron chi connectivity index (χ0n) is 16.1. The third-order valence-corrected chi connectivity index (χ3v) is 5.04. The molecule has 0 radical (unpaired) electrons. The normalized spacial score (nSPS) is 15.5. The minimum Gasteiger partial charge on any atom is -0.299 e. The molecule has 0 aliphatic heterocycles. The average Bonchev–Trinajstić information content (AvgIpc) is 3.40. The van der Waals surface area contributed by atoms with Crippen molar-refractivity contribution in [1.29, 1.82) is 5.26 Å². The highest BCUT2D eigenvalue weighted by Gasteiger charge is 2.44. The number of rotatable bonds is 7. The van der Waals surface area contributed by atoms with Crippen molar-refractivity contribution < 1.29 is 4.39 Å². The van der Waals surface area contributed by atoms with E-state index in [1.165, 1.54) is 18.1 Å². The van der Waals surface area contributed by atoms with Gasteiger partial charge in [-0.2, -0.15) is 5.26 Å². The van der Waals surface area contributed by atoms with Crippen molar-refractivity contribution in [3.05, 3.63) is 71.3 Å². The molecule has 0 heterocycles. The van der Waals surface area contributed by atoms with Crippen LogP contribution >= 0.6 is 0 Å². The fraction of sp³-hybridized carbons (Fsp3) is 0.435. The molecule has 1 atom stereocenters. The molecular weight excluding hydrogens is 323 g/mol. The highest BCUT2D eigenvalue weighted by molar-refractivity contribution is 5.31. The Morgan fingerprint density at radius 1 is 1.08 bits per heavy atom. The van der Waals surface area contributed by atoms with Crippen molar-refractivity contribution in [3.8, 4) is 6.07 Å². The SMILES string of the molecule is CC#N.CC(CCc1ccc(C2(F)CC2)cc1)N(C)Cc1ccccc1. The summed E-state index contributed by atoms with van der Waals surface area (Å²) >= 11 is 0. The summed E-state index contributed by atoms with van der Waals surface area (Å²) in [6.45, 7) is 4.68. The molecular formula is C23H29FN2. The van der Waals surface area contributed by atoms with Gasteiger partial charge in [-0.15, -0.1) is 0 Å². The number of aryl methyl sites for hydroxylation is 1. The van der Waals surface area contributed by atoms with Gasteiger partial charge in [0.2, 0.25) is 0 Å². The predicted octanol–water partition coefficient (Wildman–Crippen LogP) is 5.63. The monoisotopic (exact) mass is 352 g/mol. The molecule has 2 aromatic rings. The fourth-order valence-corrected chi connectivity index (χ4v) is 2.99. The summed E-state index contributed by atoms with van der Waals surface area (Å²) in [5, 5.41) is 7.32. The first-order valence-corrected chi connectivity index (χ1v) is 9.32. The summed E-state index contributed by atoms with van der Waals surface area (Å²) in [4.78, 5) is 2.39. The fourth-order valence-electron chi connectivity index (χ4n) is 2.99. The lowest BCUT2D eigenvalue weighted by atomic mass is 10.0. The second-order valence-corrected chi connectivity index (χ2v) is 7.17. The Morgan fingerprint density at radius 2 is 1.65 bits per heavy atom. The third kappa shape index (κ3) is 5.97. The van der Waals surface area contributed by atoms with Crippen molar-refractivity contribution in [2.24, 2.45) is 0 Å². The second kappa shape index (κ2) is 9.50. The van der Waals surface area contributed by atoms with Gasteiger partial charge in [-0.1, -0.05) is 54.6 Å². The van der Waals surface area contributed by atoms with Crippen LogP contribution in [0.3, 0.4) is 0 Å². The molecule has 0 N–H and O–H groups in total. The lowest BCUT2D eigenvalue weighted by Crippen LogP contribution is -2.29. The second-order valence-electron chi connectivity index (χ2n) is 7.17. The number of nitrogens with zero attached hydrogens (tertiary/aromatic N) is 2. The molecule has 1 aliphatic carbocycles. The first kappa shape index (κ1) is 20.1. The first-order chi connectivity index (χ1) is 12.5. The van der Waals surface area contributed by atoms with Gasteiger partial charge in [0, 0.05) is 19.5 Å². The molecule has 3 heteroatoms. The van der Waals surface area contributed by atoms with Crippen LogP contribution in [0.2, 0.25) is 0 Å². The van der Waals surface area contributed by atoms with Crippen molar-refractivity contribution in [3.63, 3.8) is 0 Å². The predicted molar refractivity (Wildman–Crippen MR) is 105 cm³/mol. The van der Waals surface area contributed by atoms with Gasteiger partial charge in [0.25, 0.3) is 0 Å². The van der Waals surface area contributed by atoms with Crippen LogP contribution in [0.15, 0.2) is 54.6 Å². The van der Waals surface area contributed by atoms with E-state index in [1.807, 2.05) is 12.1 Å². The molecule has 2 aromatic carbocycles. The molecule has 1 fully saturated rings. The Balaban J connectivity index is 0.000000758. The molecule has 1 saturated carbocycles. The van der Waals surface area contributed by atoms with E-state index in [-0.39, 0.29) is 0 Å². The largest absolute Gasteiger partial charge is 0.299 e. The van der Waals surface area contributed by atoms with Crippen LogP contribution < -0.4 is 0 Å². The van der Waals surface area contributed by atoms with Crippen LogP contribution in [0.25, 0.3) is 0 Å². The molecule has 26 heavy (non-hydrogen) atoms. The van der Waals surface area contributed by atoms with Crippen molar-refractivity contribution in [1.82, 2.24) is 4.90 Å². The average molecular weight is 352 g/mol. The summed E-state index contributed by atoms with van der Waals surface area (Å²) in [7, 11) is 2.18. The molecule has 138 valence electrons. The van der Waals surface area contributed by atoms with Gasteiger partial charge in [0.15, 0.2) is 0 Å². The van der Waals surface area contributed by atoms with Gasteiger partial charge in [-0.3, -0.25) is 4.90 Å². The first-order valence-electron chi connectivity index (χ1n) is 9.32. The number of halogens is 1. The minimum absolute atomic E-state index is 0.519. The highest BCUT2D eigenvalue weighted by atomic mass is 19.1. The van der Waals surface area contributed by atoms with Gasteiger partial charge in [-0.25, -0.2) is 4.39 Å². The molecule has 2 nitrogen and oxygen atoms in total. The Morgan fingerprint density at radius 3 is 2.19 bits per heavy atom. The Labute approximate surface area is 157 Å². The highest BCUT2D eigenvalue weighted by Crippen LogP contribution is 2.49. The van der Waals surface area contributed by atoms with Crippen LogP contribution in [0.4, 0.5) is 4.39 Å². The van der Waals surface area contributed by atoms with Crippen molar-refractivity contribution in [2.45, 2.75) is 57.8 Å². The van der Waals surface area contributed by atoms with E-state index in [2.05, 4.69) is 61.3 Å².